The zero-order valence-corrected chi connectivity index (χ0v) is 20.5. The van der Waals surface area contributed by atoms with E-state index in [2.05, 4.69) is 58.7 Å². The Balaban J connectivity index is 1.31. The van der Waals surface area contributed by atoms with E-state index in [4.69, 9.17) is 0 Å². The van der Waals surface area contributed by atoms with Gasteiger partial charge in [-0.1, -0.05) is 35.5 Å². The van der Waals surface area contributed by atoms with Gasteiger partial charge in [0.25, 0.3) is 5.91 Å². The highest BCUT2D eigenvalue weighted by Crippen LogP contribution is 2.69. The minimum absolute atomic E-state index is 0.0336. The Morgan fingerprint density at radius 2 is 1.84 bits per heavy atom. The lowest BCUT2D eigenvalue weighted by Gasteiger charge is -2.25. The van der Waals surface area contributed by atoms with Gasteiger partial charge in [-0.05, 0) is 65.9 Å². The summed E-state index contributed by atoms with van der Waals surface area (Å²) in [6, 6.07) is 21.4. The zero-order chi connectivity index (χ0) is 25.3. The van der Waals surface area contributed by atoms with Crippen molar-refractivity contribution in [2.45, 2.75) is 18.3 Å². The average molecular weight is 493 g/mol. The summed E-state index contributed by atoms with van der Waals surface area (Å²) in [7, 11) is 1.75. The second kappa shape index (κ2) is 7.83. The molecule has 1 saturated carbocycles. The summed E-state index contributed by atoms with van der Waals surface area (Å²) >= 11 is 0. The first-order valence-corrected chi connectivity index (χ1v) is 12.4. The Bertz CT molecular complexity index is 1660. The number of carbonyl (C=O) groups is 1. The molecular weight excluding hydrogens is 467 g/mol. The minimum Gasteiger partial charge on any atom is -0.336 e. The Morgan fingerprint density at radius 3 is 2.57 bits per heavy atom. The molecule has 0 unspecified atom stereocenters. The SMILES string of the molecule is Cc1cc2c(cnn2-c2ccc(F)cc2)cc1[C@]12CN(C(=O)c3cnnn3C)C[C@H]1[C@@H]2c1ccccc1. The lowest BCUT2D eigenvalue weighted by Crippen LogP contribution is -2.35. The van der Waals surface area contributed by atoms with E-state index in [1.165, 1.54) is 34.1 Å². The van der Waals surface area contributed by atoms with Crippen molar-refractivity contribution >= 4 is 16.8 Å². The molecule has 1 aliphatic heterocycles. The number of benzene rings is 3. The van der Waals surface area contributed by atoms with Gasteiger partial charge in [0.15, 0.2) is 0 Å². The summed E-state index contributed by atoms with van der Waals surface area (Å²) in [5.41, 5.74) is 5.86. The Kier molecular flexibility index (Phi) is 4.64. The highest BCUT2D eigenvalue weighted by atomic mass is 19.1. The number of fused-ring (bicyclic) bond motifs is 2. The first-order valence-electron chi connectivity index (χ1n) is 12.4. The van der Waals surface area contributed by atoms with E-state index in [1.807, 2.05) is 21.8 Å². The molecule has 37 heavy (non-hydrogen) atoms. The molecule has 0 spiro atoms. The Hall–Kier alpha value is -4.33. The van der Waals surface area contributed by atoms with Gasteiger partial charge in [0.1, 0.15) is 11.5 Å². The molecule has 1 saturated heterocycles. The number of nitrogens with zero attached hydrogens (tertiary/aromatic N) is 6. The van der Waals surface area contributed by atoms with Crippen molar-refractivity contribution in [1.82, 2.24) is 29.7 Å². The summed E-state index contributed by atoms with van der Waals surface area (Å²) in [5, 5.41) is 13.5. The number of rotatable bonds is 4. The third-order valence-corrected chi connectivity index (χ3v) is 8.25. The van der Waals surface area contributed by atoms with Crippen LogP contribution in [0, 0.1) is 18.7 Å². The summed E-state index contributed by atoms with van der Waals surface area (Å²) in [4.78, 5) is 15.3. The maximum Gasteiger partial charge on any atom is 0.273 e. The molecule has 1 aliphatic carbocycles. The van der Waals surface area contributed by atoms with Crippen molar-refractivity contribution in [2.24, 2.45) is 13.0 Å². The quantitative estimate of drug-likeness (QED) is 0.373. The van der Waals surface area contributed by atoms with Crippen LogP contribution in [0.25, 0.3) is 16.6 Å². The Labute approximate surface area is 213 Å². The molecule has 3 atom stereocenters. The van der Waals surface area contributed by atoms with Crippen LogP contribution in [0.3, 0.4) is 0 Å². The molecule has 0 bridgehead atoms. The number of aromatic nitrogens is 5. The normalized spacial score (nSPS) is 22.4. The smallest absolute Gasteiger partial charge is 0.273 e. The van der Waals surface area contributed by atoms with Crippen LogP contribution in [-0.2, 0) is 12.5 Å². The van der Waals surface area contributed by atoms with Gasteiger partial charge in [-0.15, -0.1) is 5.10 Å². The van der Waals surface area contributed by atoms with E-state index in [-0.39, 0.29) is 17.1 Å². The molecule has 7 rings (SSSR count). The highest BCUT2D eigenvalue weighted by molar-refractivity contribution is 5.93. The molecule has 5 aromatic rings. The summed E-state index contributed by atoms with van der Waals surface area (Å²) < 4.78 is 16.9. The van der Waals surface area contributed by atoms with Gasteiger partial charge >= 0.3 is 0 Å². The van der Waals surface area contributed by atoms with Crippen LogP contribution < -0.4 is 0 Å². The second-order valence-corrected chi connectivity index (χ2v) is 10.2. The van der Waals surface area contributed by atoms with E-state index in [9.17, 15) is 9.18 Å². The molecule has 8 heteroatoms. The van der Waals surface area contributed by atoms with E-state index in [1.54, 1.807) is 19.2 Å². The molecule has 7 nitrogen and oxygen atoms in total. The molecule has 1 amide bonds. The van der Waals surface area contributed by atoms with Gasteiger partial charge in [-0.3, -0.25) is 4.79 Å². The van der Waals surface area contributed by atoms with Gasteiger partial charge in [-0.2, -0.15) is 5.10 Å². The van der Waals surface area contributed by atoms with Gasteiger partial charge < -0.3 is 4.90 Å². The number of hydrogen-bond donors (Lipinski definition) is 0. The highest BCUT2D eigenvalue weighted by Gasteiger charge is 2.71. The molecular formula is C29H25FN6O. The molecule has 2 fully saturated rings. The van der Waals surface area contributed by atoms with Crippen molar-refractivity contribution in [3.05, 3.63) is 107 Å². The fraction of sp³-hybridized carbons (Fsp3) is 0.241. The van der Waals surface area contributed by atoms with Crippen molar-refractivity contribution in [1.29, 1.82) is 0 Å². The van der Waals surface area contributed by atoms with Gasteiger partial charge in [0, 0.05) is 36.9 Å². The number of likely N-dealkylation sites (tertiary alicyclic amines) is 1. The predicted molar refractivity (Wildman–Crippen MR) is 137 cm³/mol. The zero-order valence-electron chi connectivity index (χ0n) is 20.5. The van der Waals surface area contributed by atoms with Gasteiger partial charge in [0.2, 0.25) is 0 Å². The maximum absolute atomic E-state index is 13.5. The lowest BCUT2D eigenvalue weighted by atomic mass is 9.86. The first-order chi connectivity index (χ1) is 18.0. The van der Waals surface area contributed by atoms with Crippen molar-refractivity contribution in [3.63, 3.8) is 0 Å². The van der Waals surface area contributed by atoms with Crippen molar-refractivity contribution < 1.29 is 9.18 Å². The molecule has 0 N–H and O–H groups in total. The average Bonchev–Trinajstić information content (AvgIpc) is 3.32. The standard InChI is InChI=1S/C29H25FN6O/c1-18-12-25-20(14-32-36(25)22-10-8-21(30)9-11-22)13-23(18)29-17-35(28(37)26-15-31-33-34(26)2)16-24(29)27(29)19-6-4-3-5-7-19/h3-15,24,27H,16-17H2,1-2H3/t24-,27-,29+/m0/s1. The monoisotopic (exact) mass is 492 g/mol. The van der Waals surface area contributed by atoms with Crippen LogP contribution in [0.4, 0.5) is 4.39 Å². The molecule has 184 valence electrons. The molecule has 0 radical (unpaired) electrons. The van der Waals surface area contributed by atoms with Crippen LogP contribution in [0.15, 0.2) is 79.1 Å². The Morgan fingerprint density at radius 1 is 1.05 bits per heavy atom. The van der Waals surface area contributed by atoms with E-state index < -0.39 is 0 Å². The maximum atomic E-state index is 13.5. The fourth-order valence-electron chi connectivity index (χ4n) is 6.53. The third kappa shape index (κ3) is 3.18. The molecule has 3 aromatic carbocycles. The number of carbonyl (C=O) groups excluding carboxylic acids is 1. The van der Waals surface area contributed by atoms with Crippen molar-refractivity contribution in [2.75, 3.05) is 13.1 Å². The van der Waals surface area contributed by atoms with E-state index >= 15 is 0 Å². The number of hydrogen-bond acceptors (Lipinski definition) is 4. The number of piperidine rings is 1. The number of halogens is 1. The molecule has 3 heterocycles. The largest absolute Gasteiger partial charge is 0.336 e. The third-order valence-electron chi connectivity index (χ3n) is 8.25. The van der Waals surface area contributed by atoms with Crippen LogP contribution in [-0.4, -0.2) is 48.7 Å². The van der Waals surface area contributed by atoms with Crippen LogP contribution in [0.5, 0.6) is 0 Å². The number of amides is 1. The predicted octanol–water partition coefficient (Wildman–Crippen LogP) is 4.41. The van der Waals surface area contributed by atoms with E-state index in [0.29, 0.717) is 30.6 Å². The van der Waals surface area contributed by atoms with Crippen LogP contribution in [0.1, 0.15) is 33.1 Å². The fourth-order valence-corrected chi connectivity index (χ4v) is 6.53. The van der Waals surface area contributed by atoms with Crippen LogP contribution in [0.2, 0.25) is 0 Å². The van der Waals surface area contributed by atoms with E-state index in [0.717, 1.165) is 22.2 Å². The van der Waals surface area contributed by atoms with Gasteiger partial charge in [-0.25, -0.2) is 13.8 Å². The molecule has 2 aliphatic rings. The topological polar surface area (TPSA) is 68.8 Å². The van der Waals surface area contributed by atoms with Gasteiger partial charge in [0.05, 0.1) is 23.6 Å². The lowest BCUT2D eigenvalue weighted by molar-refractivity contribution is 0.0758. The minimum atomic E-state index is -0.272. The van der Waals surface area contributed by atoms with Crippen LogP contribution >= 0.6 is 0 Å². The molecule has 2 aromatic heterocycles. The summed E-state index contributed by atoms with van der Waals surface area (Å²) in [6.07, 6.45) is 3.40. The van der Waals surface area contributed by atoms with Crippen molar-refractivity contribution in [3.8, 4) is 5.69 Å². The summed E-state index contributed by atoms with van der Waals surface area (Å²) in [6.45, 7) is 3.47. The summed E-state index contributed by atoms with van der Waals surface area (Å²) in [5.74, 6) is 0.356. The second-order valence-electron chi connectivity index (χ2n) is 10.2. The number of aryl methyl sites for hydroxylation is 2. The first kappa shape index (κ1) is 21.9.